The molecule has 268 valence electrons. The lowest BCUT2D eigenvalue weighted by Gasteiger charge is -2.18. The molecule has 0 spiro atoms. The van der Waals surface area contributed by atoms with Crippen molar-refractivity contribution in [2.75, 3.05) is 10.6 Å². The van der Waals surface area contributed by atoms with Crippen molar-refractivity contribution >= 4 is 52.7 Å². The molecular formula is C45H37N3O5S. The molecule has 0 fully saturated rings. The molecule has 0 aliphatic heterocycles. The molecule has 1 unspecified atom stereocenters. The lowest BCUT2D eigenvalue weighted by Crippen LogP contribution is -2.30. The monoisotopic (exact) mass is 731 g/mol. The number of ketones is 1. The van der Waals surface area contributed by atoms with Crippen LogP contribution in [0.1, 0.15) is 49.6 Å². The Balaban J connectivity index is 1.16. The molecule has 0 heterocycles. The van der Waals surface area contributed by atoms with Crippen LogP contribution in [0.15, 0.2) is 174 Å². The van der Waals surface area contributed by atoms with Crippen LogP contribution in [0.2, 0.25) is 0 Å². The highest BCUT2D eigenvalue weighted by atomic mass is 32.2. The molecule has 1 atom stereocenters. The maximum Gasteiger partial charge on any atom is 0.272 e. The maximum atomic E-state index is 13.7. The van der Waals surface area contributed by atoms with Gasteiger partial charge in [-0.15, -0.1) is 11.8 Å². The molecular weight excluding hydrogens is 695 g/mol. The van der Waals surface area contributed by atoms with E-state index < -0.39 is 17.1 Å². The Hall–Kier alpha value is -6.71. The van der Waals surface area contributed by atoms with Crippen LogP contribution >= 0.6 is 11.8 Å². The highest BCUT2D eigenvalue weighted by Gasteiger charge is 2.23. The van der Waals surface area contributed by atoms with Gasteiger partial charge in [0.15, 0.2) is 5.78 Å². The van der Waals surface area contributed by atoms with Gasteiger partial charge in [0.25, 0.3) is 11.8 Å². The first-order valence-electron chi connectivity index (χ1n) is 17.2. The molecule has 6 rings (SSSR count). The molecule has 0 bridgehead atoms. The Bertz CT molecular complexity index is 2230. The number of hydrogen-bond acceptors (Lipinski definition) is 6. The third kappa shape index (κ3) is 10.4. The number of rotatable bonds is 14. The zero-order valence-electron chi connectivity index (χ0n) is 29.4. The highest BCUT2D eigenvalue weighted by molar-refractivity contribution is 8.00. The van der Waals surface area contributed by atoms with Crippen molar-refractivity contribution in [3.8, 4) is 5.75 Å². The van der Waals surface area contributed by atoms with E-state index in [1.54, 1.807) is 66.7 Å². The first-order chi connectivity index (χ1) is 26.3. The largest absolute Gasteiger partial charge is 0.489 e. The van der Waals surface area contributed by atoms with Crippen molar-refractivity contribution in [2.45, 2.75) is 23.7 Å². The number of hydrogen-bond donors (Lipinski definition) is 3. The van der Waals surface area contributed by atoms with Crippen molar-refractivity contribution in [3.63, 3.8) is 0 Å². The molecule has 0 saturated heterocycles. The minimum Gasteiger partial charge on any atom is -0.489 e. The molecule has 6 aromatic rings. The molecule has 0 radical (unpaired) electrons. The van der Waals surface area contributed by atoms with Crippen molar-refractivity contribution in [2.24, 2.45) is 0 Å². The number of anilines is 2. The summed E-state index contributed by atoms with van der Waals surface area (Å²) in [7, 11) is 0. The minimum atomic E-state index is -0.586. The van der Waals surface area contributed by atoms with Crippen LogP contribution in [0.5, 0.6) is 5.75 Å². The molecule has 0 saturated carbocycles. The zero-order chi connectivity index (χ0) is 37.7. The number of nitrogens with one attached hydrogen (secondary N) is 3. The topological polar surface area (TPSA) is 114 Å². The summed E-state index contributed by atoms with van der Waals surface area (Å²) in [5.41, 5.74) is 4.66. The summed E-state index contributed by atoms with van der Waals surface area (Å²) in [5.74, 6) is -0.541. The molecule has 0 aliphatic carbocycles. The van der Waals surface area contributed by atoms with Gasteiger partial charge in [-0.05, 0) is 102 Å². The molecule has 3 N–H and O–H groups in total. The van der Waals surface area contributed by atoms with Crippen LogP contribution in [0.4, 0.5) is 11.4 Å². The summed E-state index contributed by atoms with van der Waals surface area (Å²) < 4.78 is 5.91. The Morgan fingerprint density at radius 2 is 1.20 bits per heavy atom. The first kappa shape index (κ1) is 37.1. The van der Waals surface area contributed by atoms with Crippen LogP contribution in [0.3, 0.4) is 0 Å². The van der Waals surface area contributed by atoms with Gasteiger partial charge in [-0.25, -0.2) is 0 Å². The van der Waals surface area contributed by atoms with E-state index in [4.69, 9.17) is 4.74 Å². The standard InChI is InChI=1S/C45H37N3O5S/c1-31(49)34-19-21-37(22-20-34)47-45(52)42(35-13-7-3-8-14-35)54-40-27-23-38(24-28-40)46-44(51)41(48-43(50)36-15-9-4-10-16-36)29-32-17-25-39(26-18-32)53-30-33-11-5-2-6-12-33/h2-29,42H,30H2,1H3,(H,46,51)(H,47,52)(H,48,50)/b41-29-. The number of Topliss-reactive ketones (excluding diaryl/α,β-unsaturated/α-hetero) is 1. The average molecular weight is 732 g/mol. The SMILES string of the molecule is CC(=O)c1ccc(NC(=O)C(Sc2ccc(NC(=O)/C(=C/c3ccc(OCc4ccccc4)cc3)NC(=O)c3ccccc3)cc2)c2ccccc2)cc1. The Morgan fingerprint density at radius 3 is 1.83 bits per heavy atom. The summed E-state index contributed by atoms with van der Waals surface area (Å²) in [4.78, 5) is 52.9. The normalized spacial score (nSPS) is 11.5. The van der Waals surface area contributed by atoms with Crippen molar-refractivity contribution in [3.05, 3.63) is 197 Å². The summed E-state index contributed by atoms with van der Waals surface area (Å²) in [6.45, 7) is 1.92. The lowest BCUT2D eigenvalue weighted by molar-refractivity contribution is -0.116. The van der Waals surface area contributed by atoms with Gasteiger partial charge in [0.2, 0.25) is 5.91 Å². The lowest BCUT2D eigenvalue weighted by atomic mass is 10.1. The Kier molecular flexibility index (Phi) is 12.5. The van der Waals surface area contributed by atoms with Crippen LogP contribution in [-0.4, -0.2) is 23.5 Å². The number of amides is 3. The van der Waals surface area contributed by atoms with Gasteiger partial charge in [-0.2, -0.15) is 0 Å². The second kappa shape index (κ2) is 18.2. The molecule has 9 heteroatoms. The van der Waals surface area contributed by atoms with Gasteiger partial charge in [0, 0.05) is 27.4 Å². The predicted octanol–water partition coefficient (Wildman–Crippen LogP) is 9.35. The second-order valence-corrected chi connectivity index (χ2v) is 13.4. The molecule has 8 nitrogen and oxygen atoms in total. The summed E-state index contributed by atoms with van der Waals surface area (Å²) >= 11 is 1.36. The fourth-order valence-electron chi connectivity index (χ4n) is 5.36. The van der Waals surface area contributed by atoms with Crippen molar-refractivity contribution < 1.29 is 23.9 Å². The molecule has 54 heavy (non-hydrogen) atoms. The highest BCUT2D eigenvalue weighted by Crippen LogP contribution is 2.37. The molecule has 0 aliphatic rings. The number of benzene rings is 6. The average Bonchev–Trinajstić information content (AvgIpc) is 3.21. The first-order valence-corrected chi connectivity index (χ1v) is 18.1. The quantitative estimate of drug-likeness (QED) is 0.0585. The third-order valence-electron chi connectivity index (χ3n) is 8.23. The molecule has 0 aromatic heterocycles. The van der Waals surface area contributed by atoms with Gasteiger partial charge in [0.05, 0.1) is 0 Å². The Labute approximate surface area is 318 Å². The molecule has 6 aromatic carbocycles. The van der Waals surface area contributed by atoms with Gasteiger partial charge in [0.1, 0.15) is 23.3 Å². The third-order valence-corrected chi connectivity index (χ3v) is 9.50. The van der Waals surface area contributed by atoms with E-state index in [2.05, 4.69) is 16.0 Å². The number of thioether (sulfide) groups is 1. The number of carbonyl (C=O) groups is 4. The van der Waals surface area contributed by atoms with E-state index in [1.807, 2.05) is 103 Å². The predicted molar refractivity (Wildman–Crippen MR) is 214 cm³/mol. The maximum absolute atomic E-state index is 13.7. The number of ether oxygens (including phenoxy) is 1. The van der Waals surface area contributed by atoms with Gasteiger partial charge in [-0.1, -0.05) is 91.0 Å². The summed E-state index contributed by atoms with van der Waals surface area (Å²) in [5, 5.41) is 8.04. The summed E-state index contributed by atoms with van der Waals surface area (Å²) in [6.07, 6.45) is 1.61. The Morgan fingerprint density at radius 1 is 0.630 bits per heavy atom. The van der Waals surface area contributed by atoms with E-state index in [0.29, 0.717) is 40.4 Å². The minimum absolute atomic E-state index is 0.0510. The van der Waals surface area contributed by atoms with E-state index in [-0.39, 0.29) is 17.4 Å². The van der Waals surface area contributed by atoms with E-state index >= 15 is 0 Å². The van der Waals surface area contributed by atoms with Crippen LogP contribution < -0.4 is 20.7 Å². The zero-order valence-corrected chi connectivity index (χ0v) is 30.2. The summed E-state index contributed by atoms with van der Waals surface area (Å²) in [6, 6.07) is 49.1. The van der Waals surface area contributed by atoms with E-state index in [1.165, 1.54) is 18.7 Å². The van der Waals surface area contributed by atoms with Gasteiger partial charge in [-0.3, -0.25) is 19.2 Å². The van der Waals surface area contributed by atoms with Crippen LogP contribution in [0, 0.1) is 0 Å². The molecule has 3 amide bonds. The fourth-order valence-corrected chi connectivity index (χ4v) is 6.38. The van der Waals surface area contributed by atoms with E-state index in [0.717, 1.165) is 16.0 Å². The van der Waals surface area contributed by atoms with Crippen LogP contribution in [-0.2, 0) is 16.2 Å². The van der Waals surface area contributed by atoms with Gasteiger partial charge < -0.3 is 20.7 Å². The van der Waals surface area contributed by atoms with Crippen LogP contribution in [0.25, 0.3) is 6.08 Å². The van der Waals surface area contributed by atoms with Crippen molar-refractivity contribution in [1.82, 2.24) is 5.32 Å². The second-order valence-electron chi connectivity index (χ2n) is 12.2. The fraction of sp³-hybridized carbons (Fsp3) is 0.0667. The smallest absolute Gasteiger partial charge is 0.272 e. The van der Waals surface area contributed by atoms with Crippen molar-refractivity contribution in [1.29, 1.82) is 0 Å². The van der Waals surface area contributed by atoms with Gasteiger partial charge >= 0.3 is 0 Å². The van der Waals surface area contributed by atoms with E-state index in [9.17, 15) is 19.2 Å². The number of carbonyl (C=O) groups excluding carboxylic acids is 4.